The third-order valence-electron chi connectivity index (χ3n) is 3.10. The van der Waals surface area contributed by atoms with E-state index in [0.29, 0.717) is 29.6 Å². The summed E-state index contributed by atoms with van der Waals surface area (Å²) >= 11 is 0. The van der Waals surface area contributed by atoms with E-state index in [1.165, 1.54) is 0 Å². The molecule has 3 rings (SSSR count). The fraction of sp³-hybridized carbons (Fsp3) is 0.250. The van der Waals surface area contributed by atoms with Gasteiger partial charge in [0.15, 0.2) is 0 Å². The molecule has 23 heavy (non-hydrogen) atoms. The Labute approximate surface area is 132 Å². The van der Waals surface area contributed by atoms with Gasteiger partial charge in [-0.05, 0) is 6.92 Å². The van der Waals surface area contributed by atoms with Gasteiger partial charge in [-0.2, -0.15) is 4.98 Å². The molecule has 2 heterocycles. The van der Waals surface area contributed by atoms with Crippen LogP contribution in [0.25, 0.3) is 11.4 Å². The maximum Gasteiger partial charge on any atom is 0.306 e. The van der Waals surface area contributed by atoms with Crippen molar-refractivity contribution in [3.63, 3.8) is 0 Å². The van der Waals surface area contributed by atoms with Gasteiger partial charge >= 0.3 is 5.97 Å². The molecule has 0 unspecified atom stereocenters. The fourth-order valence-electron chi connectivity index (χ4n) is 1.98. The number of carbonyl (C=O) groups excluding carboxylic acids is 1. The predicted octanol–water partition coefficient (Wildman–Crippen LogP) is 2.71. The molecule has 3 aromatic rings. The molecular weight excluding hydrogens is 298 g/mol. The van der Waals surface area contributed by atoms with Crippen molar-refractivity contribution < 1.29 is 18.6 Å². The third-order valence-corrected chi connectivity index (χ3v) is 3.10. The summed E-state index contributed by atoms with van der Waals surface area (Å²) in [6.45, 7) is 1.87. The molecule has 7 nitrogen and oxygen atoms in total. The highest BCUT2D eigenvalue weighted by molar-refractivity contribution is 5.69. The molecule has 0 fully saturated rings. The van der Waals surface area contributed by atoms with Crippen LogP contribution in [0, 0.1) is 6.92 Å². The Morgan fingerprint density at radius 2 is 2.00 bits per heavy atom. The van der Waals surface area contributed by atoms with Gasteiger partial charge in [0.2, 0.25) is 11.7 Å². The lowest BCUT2D eigenvalue weighted by Crippen LogP contribution is -2.06. The van der Waals surface area contributed by atoms with Crippen molar-refractivity contribution in [3.05, 3.63) is 53.7 Å². The van der Waals surface area contributed by atoms with E-state index in [1.54, 1.807) is 13.0 Å². The smallest absolute Gasteiger partial charge is 0.306 e. The topological polar surface area (TPSA) is 91.2 Å². The van der Waals surface area contributed by atoms with Crippen LogP contribution in [0.3, 0.4) is 0 Å². The Morgan fingerprint density at radius 3 is 2.74 bits per heavy atom. The second-order valence-corrected chi connectivity index (χ2v) is 4.97. The first-order valence-corrected chi connectivity index (χ1v) is 7.16. The largest absolute Gasteiger partial charge is 0.459 e. The summed E-state index contributed by atoms with van der Waals surface area (Å²) in [6, 6.07) is 11.2. The highest BCUT2D eigenvalue weighted by atomic mass is 16.5. The molecule has 0 radical (unpaired) electrons. The Bertz CT molecular complexity index is 779. The summed E-state index contributed by atoms with van der Waals surface area (Å²) in [4.78, 5) is 16.0. The number of carbonyl (C=O) groups is 1. The van der Waals surface area contributed by atoms with Crippen LogP contribution in [-0.4, -0.2) is 21.3 Å². The van der Waals surface area contributed by atoms with Gasteiger partial charge < -0.3 is 13.8 Å². The molecule has 0 amide bonds. The number of aromatic nitrogens is 3. The second-order valence-electron chi connectivity index (χ2n) is 4.97. The normalized spacial score (nSPS) is 10.7. The van der Waals surface area contributed by atoms with E-state index < -0.39 is 0 Å². The number of nitrogens with zero attached hydrogens (tertiary/aromatic N) is 3. The van der Waals surface area contributed by atoms with Gasteiger partial charge in [0.25, 0.3) is 0 Å². The van der Waals surface area contributed by atoms with E-state index in [4.69, 9.17) is 13.8 Å². The lowest BCUT2D eigenvalue weighted by molar-refractivity contribution is -0.145. The molecule has 0 saturated heterocycles. The second kappa shape index (κ2) is 6.87. The first kappa shape index (κ1) is 15.0. The Morgan fingerprint density at radius 1 is 1.17 bits per heavy atom. The maximum atomic E-state index is 11.7. The Hall–Kier alpha value is -2.96. The summed E-state index contributed by atoms with van der Waals surface area (Å²) < 4.78 is 15.1. The zero-order chi connectivity index (χ0) is 16.1. The van der Waals surface area contributed by atoms with Crippen molar-refractivity contribution in [1.29, 1.82) is 0 Å². The number of esters is 1. The average Bonchev–Trinajstić information content (AvgIpc) is 3.21. The van der Waals surface area contributed by atoms with Crippen LogP contribution in [0.15, 0.2) is 45.4 Å². The van der Waals surface area contributed by atoms with E-state index >= 15 is 0 Å². The van der Waals surface area contributed by atoms with Crippen LogP contribution in [0.1, 0.15) is 23.8 Å². The fourth-order valence-corrected chi connectivity index (χ4v) is 1.98. The lowest BCUT2D eigenvalue weighted by atomic mass is 10.2. The highest BCUT2D eigenvalue weighted by Crippen LogP contribution is 2.15. The molecule has 0 aliphatic carbocycles. The quantitative estimate of drug-likeness (QED) is 0.646. The van der Waals surface area contributed by atoms with Crippen LogP contribution in [0.4, 0.5) is 0 Å². The van der Waals surface area contributed by atoms with Gasteiger partial charge in [-0.1, -0.05) is 40.6 Å². The summed E-state index contributed by atoms with van der Waals surface area (Å²) in [6.07, 6.45) is 0.490. The molecule has 0 aliphatic rings. The van der Waals surface area contributed by atoms with E-state index in [9.17, 15) is 4.79 Å². The Kier molecular flexibility index (Phi) is 4.46. The number of ether oxygens (including phenoxy) is 1. The van der Waals surface area contributed by atoms with Crippen molar-refractivity contribution in [2.45, 2.75) is 26.4 Å². The molecule has 0 saturated carbocycles. The van der Waals surface area contributed by atoms with E-state index in [1.807, 2.05) is 30.3 Å². The standard InChI is InChI=1S/C16H15N3O4/c1-11-9-13(18-22-11)10-21-15(20)8-7-14-17-16(19-23-14)12-5-3-2-4-6-12/h2-6,9H,7-8,10H2,1H3. The molecular formula is C16H15N3O4. The predicted molar refractivity (Wildman–Crippen MR) is 79.1 cm³/mol. The molecule has 7 heteroatoms. The van der Waals surface area contributed by atoms with Gasteiger partial charge in [0.05, 0.1) is 6.42 Å². The minimum Gasteiger partial charge on any atom is -0.459 e. The SMILES string of the molecule is Cc1cc(COC(=O)CCc2nc(-c3ccccc3)no2)no1. The van der Waals surface area contributed by atoms with Crippen LogP contribution >= 0.6 is 0 Å². The first-order chi connectivity index (χ1) is 11.2. The molecule has 1 aromatic carbocycles. The van der Waals surface area contributed by atoms with Gasteiger partial charge in [-0.3, -0.25) is 4.79 Å². The van der Waals surface area contributed by atoms with Crippen LogP contribution in [0.2, 0.25) is 0 Å². The van der Waals surface area contributed by atoms with Crippen molar-refractivity contribution in [2.24, 2.45) is 0 Å². The Balaban J connectivity index is 1.48. The third kappa shape index (κ3) is 4.03. The lowest BCUT2D eigenvalue weighted by Gasteiger charge is -2.00. The zero-order valence-corrected chi connectivity index (χ0v) is 12.6. The van der Waals surface area contributed by atoms with Crippen molar-refractivity contribution in [1.82, 2.24) is 15.3 Å². The molecule has 118 valence electrons. The minimum absolute atomic E-state index is 0.0925. The van der Waals surface area contributed by atoms with Crippen molar-refractivity contribution in [2.75, 3.05) is 0 Å². The molecule has 0 atom stereocenters. The summed E-state index contributed by atoms with van der Waals surface area (Å²) in [5.74, 6) is 1.23. The van der Waals surface area contributed by atoms with Gasteiger partial charge in [-0.15, -0.1) is 0 Å². The molecule has 0 aliphatic heterocycles. The highest BCUT2D eigenvalue weighted by Gasteiger charge is 2.12. The minimum atomic E-state index is -0.356. The number of hydrogen-bond donors (Lipinski definition) is 0. The molecule has 0 bridgehead atoms. The number of aryl methyl sites for hydroxylation is 2. The van der Waals surface area contributed by atoms with Crippen molar-refractivity contribution >= 4 is 5.97 Å². The summed E-state index contributed by atoms with van der Waals surface area (Å²) in [5.41, 5.74) is 1.45. The van der Waals surface area contributed by atoms with Crippen molar-refractivity contribution in [3.8, 4) is 11.4 Å². The van der Waals surface area contributed by atoms with Crippen LogP contribution in [0.5, 0.6) is 0 Å². The van der Waals surface area contributed by atoms with Gasteiger partial charge in [0.1, 0.15) is 18.1 Å². The first-order valence-electron chi connectivity index (χ1n) is 7.16. The summed E-state index contributed by atoms with van der Waals surface area (Å²) in [5, 5.41) is 7.65. The summed E-state index contributed by atoms with van der Waals surface area (Å²) in [7, 11) is 0. The van der Waals surface area contributed by atoms with E-state index in [2.05, 4.69) is 15.3 Å². The number of rotatable bonds is 6. The molecule has 2 aromatic heterocycles. The average molecular weight is 313 g/mol. The molecule has 0 spiro atoms. The number of hydrogen-bond acceptors (Lipinski definition) is 7. The van der Waals surface area contributed by atoms with Gasteiger partial charge in [-0.25, -0.2) is 0 Å². The zero-order valence-electron chi connectivity index (χ0n) is 12.6. The molecule has 0 N–H and O–H groups in total. The van der Waals surface area contributed by atoms with E-state index in [-0.39, 0.29) is 19.0 Å². The van der Waals surface area contributed by atoms with Crippen LogP contribution < -0.4 is 0 Å². The maximum absolute atomic E-state index is 11.7. The number of benzene rings is 1. The van der Waals surface area contributed by atoms with Gasteiger partial charge in [0, 0.05) is 18.1 Å². The van der Waals surface area contributed by atoms with Crippen LogP contribution in [-0.2, 0) is 22.6 Å². The monoisotopic (exact) mass is 313 g/mol. The van der Waals surface area contributed by atoms with E-state index in [0.717, 1.165) is 5.56 Å².